The molecule has 1 atom stereocenters. The summed E-state index contributed by atoms with van der Waals surface area (Å²) < 4.78 is 0. The van der Waals surface area contributed by atoms with E-state index < -0.39 is 0 Å². The zero-order valence-corrected chi connectivity index (χ0v) is 11.6. The highest BCUT2D eigenvalue weighted by Gasteiger charge is 2.09. The third kappa shape index (κ3) is 6.02. The number of phenols is 1. The van der Waals surface area contributed by atoms with E-state index in [1.807, 2.05) is 12.1 Å². The van der Waals surface area contributed by atoms with Gasteiger partial charge < -0.3 is 5.11 Å². The Labute approximate surface area is 111 Å². The van der Waals surface area contributed by atoms with Gasteiger partial charge in [0.25, 0.3) is 0 Å². The predicted octanol–water partition coefficient (Wildman–Crippen LogP) is 4.45. The highest BCUT2D eigenvalue weighted by molar-refractivity contribution is 7.80. The molecule has 0 saturated carbocycles. The molecule has 1 nitrogen and oxygen atoms in total. The molecule has 1 aromatic rings. The van der Waals surface area contributed by atoms with Crippen LogP contribution in [0.3, 0.4) is 0 Å². The lowest BCUT2D eigenvalue weighted by molar-refractivity contribution is 0.428. The van der Waals surface area contributed by atoms with Crippen molar-refractivity contribution in [1.82, 2.24) is 0 Å². The van der Waals surface area contributed by atoms with E-state index >= 15 is 0 Å². The molecule has 0 aliphatic carbocycles. The molecule has 1 rings (SSSR count). The molecular weight excluding hydrogens is 228 g/mol. The second kappa shape index (κ2) is 8.46. The number of thiol groups is 1. The van der Waals surface area contributed by atoms with Crippen LogP contribution in [0.15, 0.2) is 24.3 Å². The molecule has 17 heavy (non-hydrogen) atoms. The van der Waals surface area contributed by atoms with Gasteiger partial charge in [-0.1, -0.05) is 38.3 Å². The van der Waals surface area contributed by atoms with Crippen molar-refractivity contribution >= 4 is 12.6 Å². The first-order valence-corrected chi connectivity index (χ1v) is 7.28. The van der Waals surface area contributed by atoms with E-state index in [9.17, 15) is 5.11 Å². The molecule has 0 spiro atoms. The van der Waals surface area contributed by atoms with Crippen LogP contribution in [0.25, 0.3) is 0 Å². The van der Waals surface area contributed by atoms with Gasteiger partial charge in [0.1, 0.15) is 5.75 Å². The zero-order chi connectivity index (χ0) is 12.5. The van der Waals surface area contributed by atoms with Crippen molar-refractivity contribution in [2.75, 3.05) is 5.75 Å². The van der Waals surface area contributed by atoms with E-state index in [-0.39, 0.29) is 0 Å². The van der Waals surface area contributed by atoms with E-state index in [1.54, 1.807) is 12.1 Å². The van der Waals surface area contributed by atoms with Crippen LogP contribution >= 0.6 is 12.6 Å². The molecule has 1 N–H and O–H groups in total. The van der Waals surface area contributed by atoms with Crippen LogP contribution in [-0.2, 0) is 6.42 Å². The molecule has 0 radical (unpaired) electrons. The first-order valence-electron chi connectivity index (χ1n) is 6.65. The quantitative estimate of drug-likeness (QED) is 0.655. The summed E-state index contributed by atoms with van der Waals surface area (Å²) in [6.45, 7) is 2.25. The first-order chi connectivity index (χ1) is 8.26. The number of hydrogen-bond donors (Lipinski definition) is 2. The number of hydrogen-bond acceptors (Lipinski definition) is 2. The number of phenolic OH excluding ortho intramolecular Hbond substituents is 1. The topological polar surface area (TPSA) is 20.2 Å². The molecule has 96 valence electrons. The molecule has 0 aromatic heterocycles. The van der Waals surface area contributed by atoms with Gasteiger partial charge in [-0.15, -0.1) is 0 Å². The summed E-state index contributed by atoms with van der Waals surface area (Å²) >= 11 is 4.29. The molecule has 0 saturated heterocycles. The van der Waals surface area contributed by atoms with Gasteiger partial charge in [-0.3, -0.25) is 0 Å². The molecule has 0 aliphatic heterocycles. The first kappa shape index (κ1) is 14.4. The van der Waals surface area contributed by atoms with Crippen molar-refractivity contribution in [2.24, 2.45) is 5.92 Å². The Kier molecular flexibility index (Phi) is 7.18. The minimum absolute atomic E-state index is 0.356. The molecule has 1 unspecified atom stereocenters. The summed E-state index contributed by atoms with van der Waals surface area (Å²) in [7, 11) is 0. The molecule has 0 amide bonds. The van der Waals surface area contributed by atoms with Gasteiger partial charge in [0.05, 0.1) is 0 Å². The summed E-state index contributed by atoms with van der Waals surface area (Å²) in [4.78, 5) is 0. The van der Waals surface area contributed by atoms with Crippen LogP contribution in [-0.4, -0.2) is 10.9 Å². The van der Waals surface area contributed by atoms with E-state index in [1.165, 1.54) is 37.7 Å². The largest absolute Gasteiger partial charge is 0.508 e. The minimum atomic E-state index is 0.356. The van der Waals surface area contributed by atoms with Crippen molar-refractivity contribution in [1.29, 1.82) is 0 Å². The second-order valence-corrected chi connectivity index (χ2v) is 5.19. The summed E-state index contributed by atoms with van der Waals surface area (Å²) in [5, 5.41) is 9.26. The average Bonchev–Trinajstić information content (AvgIpc) is 2.35. The van der Waals surface area contributed by atoms with Crippen molar-refractivity contribution in [3.63, 3.8) is 0 Å². The smallest absolute Gasteiger partial charge is 0.115 e. The van der Waals surface area contributed by atoms with Crippen molar-refractivity contribution in [3.05, 3.63) is 29.8 Å². The van der Waals surface area contributed by atoms with Gasteiger partial charge in [0, 0.05) is 0 Å². The SMILES string of the molecule is CCCCC(CCCS)Cc1ccc(O)cc1. The van der Waals surface area contributed by atoms with Crippen molar-refractivity contribution in [2.45, 2.75) is 45.4 Å². The molecule has 0 bridgehead atoms. The van der Waals surface area contributed by atoms with Crippen molar-refractivity contribution < 1.29 is 5.11 Å². The molecule has 2 heteroatoms. The normalized spacial score (nSPS) is 12.6. The average molecular weight is 252 g/mol. The summed E-state index contributed by atoms with van der Waals surface area (Å²) in [5.41, 5.74) is 1.34. The summed E-state index contributed by atoms with van der Waals surface area (Å²) in [5.74, 6) is 2.11. The van der Waals surface area contributed by atoms with Gasteiger partial charge in [-0.2, -0.15) is 12.6 Å². The molecule has 0 aliphatic rings. The fourth-order valence-corrected chi connectivity index (χ4v) is 2.37. The fraction of sp³-hybridized carbons (Fsp3) is 0.600. The maximum absolute atomic E-state index is 9.26. The van der Waals surface area contributed by atoms with E-state index in [0.717, 1.165) is 18.1 Å². The van der Waals surface area contributed by atoms with Crippen LogP contribution in [0.4, 0.5) is 0 Å². The van der Waals surface area contributed by atoms with E-state index in [0.29, 0.717) is 5.75 Å². The van der Waals surface area contributed by atoms with Crippen molar-refractivity contribution in [3.8, 4) is 5.75 Å². The molecule has 1 aromatic carbocycles. The van der Waals surface area contributed by atoms with Gasteiger partial charge in [-0.25, -0.2) is 0 Å². The van der Waals surface area contributed by atoms with Crippen LogP contribution < -0.4 is 0 Å². The number of unbranched alkanes of at least 4 members (excludes halogenated alkanes) is 1. The highest BCUT2D eigenvalue weighted by Crippen LogP contribution is 2.21. The Morgan fingerprint density at radius 1 is 1.12 bits per heavy atom. The summed E-state index contributed by atoms with van der Waals surface area (Å²) in [6.07, 6.45) is 7.50. The maximum atomic E-state index is 9.26. The van der Waals surface area contributed by atoms with E-state index in [4.69, 9.17) is 0 Å². The lowest BCUT2D eigenvalue weighted by Gasteiger charge is -2.16. The van der Waals surface area contributed by atoms with Gasteiger partial charge in [-0.05, 0) is 48.6 Å². The van der Waals surface area contributed by atoms with Crippen LogP contribution in [0, 0.1) is 5.92 Å². The third-order valence-corrected chi connectivity index (χ3v) is 3.51. The molecular formula is C15H24OS. The molecule has 0 fully saturated rings. The van der Waals surface area contributed by atoms with Crippen LogP contribution in [0.1, 0.15) is 44.6 Å². The lowest BCUT2D eigenvalue weighted by atomic mass is 9.90. The molecule has 0 heterocycles. The summed E-state index contributed by atoms with van der Waals surface area (Å²) in [6, 6.07) is 7.64. The Morgan fingerprint density at radius 2 is 1.76 bits per heavy atom. The monoisotopic (exact) mass is 252 g/mol. The number of rotatable bonds is 8. The zero-order valence-electron chi connectivity index (χ0n) is 10.7. The minimum Gasteiger partial charge on any atom is -0.508 e. The Morgan fingerprint density at radius 3 is 2.35 bits per heavy atom. The van der Waals surface area contributed by atoms with Crippen LogP contribution in [0.5, 0.6) is 5.75 Å². The Bertz CT molecular complexity index is 286. The van der Waals surface area contributed by atoms with Gasteiger partial charge in [0.2, 0.25) is 0 Å². The Hall–Kier alpha value is -0.630. The highest BCUT2D eigenvalue weighted by atomic mass is 32.1. The van der Waals surface area contributed by atoms with Gasteiger partial charge >= 0.3 is 0 Å². The van der Waals surface area contributed by atoms with Crippen LogP contribution in [0.2, 0.25) is 0 Å². The number of aromatic hydroxyl groups is 1. The predicted molar refractivity (Wildman–Crippen MR) is 77.9 cm³/mol. The van der Waals surface area contributed by atoms with E-state index in [2.05, 4.69) is 19.6 Å². The number of benzene rings is 1. The lowest BCUT2D eigenvalue weighted by Crippen LogP contribution is -2.05. The second-order valence-electron chi connectivity index (χ2n) is 4.74. The third-order valence-electron chi connectivity index (χ3n) is 3.20. The fourth-order valence-electron chi connectivity index (χ4n) is 2.19. The maximum Gasteiger partial charge on any atom is 0.115 e. The van der Waals surface area contributed by atoms with Gasteiger partial charge in [0.15, 0.2) is 0 Å². The standard InChI is InChI=1S/C15H24OS/c1-2-3-5-13(6-4-11-17)12-14-7-9-15(16)10-8-14/h7-10,13,16-17H,2-6,11-12H2,1H3. The Balaban J connectivity index is 2.48.